The van der Waals surface area contributed by atoms with Crippen LogP contribution in [0.5, 0.6) is 0 Å². The first-order chi connectivity index (χ1) is 9.41. The van der Waals surface area contributed by atoms with Crippen molar-refractivity contribution in [3.8, 4) is 0 Å². The van der Waals surface area contributed by atoms with Gasteiger partial charge < -0.3 is 9.47 Å². The van der Waals surface area contributed by atoms with E-state index in [9.17, 15) is 4.79 Å². The number of hydrogen-bond acceptors (Lipinski definition) is 5. The van der Waals surface area contributed by atoms with Crippen molar-refractivity contribution in [2.75, 3.05) is 33.4 Å². The van der Waals surface area contributed by atoms with Crippen molar-refractivity contribution in [3.63, 3.8) is 0 Å². The van der Waals surface area contributed by atoms with Gasteiger partial charge in [-0.1, -0.05) is 0 Å². The van der Waals surface area contributed by atoms with Crippen LogP contribution < -0.4 is 5.32 Å². The van der Waals surface area contributed by atoms with Gasteiger partial charge >= 0.3 is 5.97 Å². The predicted octanol–water partition coefficient (Wildman–Crippen LogP) is 1.42. The lowest BCUT2D eigenvalue weighted by atomic mass is 9.98. The Morgan fingerprint density at radius 2 is 2.20 bits per heavy atom. The number of rotatable bonds is 7. The smallest absolute Gasteiger partial charge is 0.327 e. The SMILES string of the molecule is CCOC(=O)C(C)(CN1CCCC(OC)C1)NC(C)C. The van der Waals surface area contributed by atoms with E-state index in [4.69, 9.17) is 9.47 Å². The molecule has 1 aliphatic heterocycles. The predicted molar refractivity (Wildman–Crippen MR) is 79.8 cm³/mol. The first-order valence-corrected chi connectivity index (χ1v) is 7.61. The number of methoxy groups -OCH3 is 1. The van der Waals surface area contributed by atoms with E-state index in [-0.39, 0.29) is 18.1 Å². The highest BCUT2D eigenvalue weighted by Crippen LogP contribution is 2.17. The fourth-order valence-corrected chi connectivity index (χ4v) is 2.89. The van der Waals surface area contributed by atoms with E-state index < -0.39 is 5.54 Å². The second-order valence-electron chi connectivity index (χ2n) is 6.09. The molecule has 5 nitrogen and oxygen atoms in total. The first-order valence-electron chi connectivity index (χ1n) is 7.61. The van der Waals surface area contributed by atoms with Gasteiger partial charge in [-0.2, -0.15) is 0 Å². The number of carbonyl (C=O) groups is 1. The number of likely N-dealkylation sites (tertiary alicyclic amines) is 1. The van der Waals surface area contributed by atoms with Crippen molar-refractivity contribution < 1.29 is 14.3 Å². The van der Waals surface area contributed by atoms with Gasteiger partial charge in [-0.15, -0.1) is 0 Å². The van der Waals surface area contributed by atoms with Crippen molar-refractivity contribution >= 4 is 5.97 Å². The molecule has 0 aromatic rings. The molecule has 2 unspecified atom stereocenters. The van der Waals surface area contributed by atoms with Gasteiger partial charge in [-0.05, 0) is 47.1 Å². The van der Waals surface area contributed by atoms with Gasteiger partial charge in [0, 0.05) is 26.2 Å². The summed E-state index contributed by atoms with van der Waals surface area (Å²) in [4.78, 5) is 14.6. The minimum absolute atomic E-state index is 0.173. The minimum Gasteiger partial charge on any atom is -0.465 e. The second-order valence-corrected chi connectivity index (χ2v) is 6.09. The van der Waals surface area contributed by atoms with Crippen LogP contribution in [-0.2, 0) is 14.3 Å². The summed E-state index contributed by atoms with van der Waals surface area (Å²) in [6.45, 7) is 10.8. The Bertz CT molecular complexity index is 309. The topological polar surface area (TPSA) is 50.8 Å². The van der Waals surface area contributed by atoms with Crippen LogP contribution >= 0.6 is 0 Å². The summed E-state index contributed by atoms with van der Waals surface area (Å²) >= 11 is 0. The van der Waals surface area contributed by atoms with E-state index in [1.165, 1.54) is 0 Å². The Morgan fingerprint density at radius 3 is 2.75 bits per heavy atom. The molecule has 0 aliphatic carbocycles. The zero-order valence-corrected chi connectivity index (χ0v) is 13.6. The summed E-state index contributed by atoms with van der Waals surface area (Å²) in [5, 5.41) is 3.36. The second kappa shape index (κ2) is 7.96. The number of ether oxygens (including phenoxy) is 2. The summed E-state index contributed by atoms with van der Waals surface area (Å²) < 4.78 is 10.7. The molecule has 0 aromatic carbocycles. The van der Waals surface area contributed by atoms with Crippen molar-refractivity contribution in [3.05, 3.63) is 0 Å². The molecule has 1 N–H and O–H groups in total. The Labute approximate surface area is 123 Å². The molecule has 0 radical (unpaired) electrons. The van der Waals surface area contributed by atoms with Crippen LogP contribution in [0.3, 0.4) is 0 Å². The molecular formula is C15H30N2O3. The Hall–Kier alpha value is -0.650. The van der Waals surface area contributed by atoms with Gasteiger partial charge in [0.15, 0.2) is 0 Å². The molecule has 1 rings (SSSR count). The minimum atomic E-state index is -0.667. The average molecular weight is 286 g/mol. The maximum Gasteiger partial charge on any atom is 0.327 e. The number of hydrogen-bond donors (Lipinski definition) is 1. The molecule has 1 fully saturated rings. The van der Waals surface area contributed by atoms with Crippen LogP contribution in [0.1, 0.15) is 40.5 Å². The van der Waals surface area contributed by atoms with E-state index in [1.807, 2.05) is 27.7 Å². The lowest BCUT2D eigenvalue weighted by Crippen LogP contribution is -2.60. The highest BCUT2D eigenvalue weighted by atomic mass is 16.5. The highest BCUT2D eigenvalue weighted by Gasteiger charge is 2.38. The van der Waals surface area contributed by atoms with Gasteiger partial charge in [0.1, 0.15) is 5.54 Å². The van der Waals surface area contributed by atoms with Crippen molar-refractivity contribution in [1.82, 2.24) is 10.2 Å². The molecular weight excluding hydrogens is 256 g/mol. The van der Waals surface area contributed by atoms with E-state index in [2.05, 4.69) is 10.2 Å². The molecule has 2 atom stereocenters. The van der Waals surface area contributed by atoms with Crippen molar-refractivity contribution in [2.45, 2.75) is 58.2 Å². The fourth-order valence-electron chi connectivity index (χ4n) is 2.89. The molecule has 0 aromatic heterocycles. The summed E-state index contributed by atoms with van der Waals surface area (Å²) in [5.74, 6) is -0.173. The highest BCUT2D eigenvalue weighted by molar-refractivity contribution is 5.80. The third-order valence-electron chi connectivity index (χ3n) is 3.67. The zero-order valence-electron chi connectivity index (χ0n) is 13.6. The van der Waals surface area contributed by atoms with Crippen LogP contribution in [0.15, 0.2) is 0 Å². The molecule has 118 valence electrons. The number of esters is 1. The van der Waals surface area contributed by atoms with E-state index >= 15 is 0 Å². The largest absolute Gasteiger partial charge is 0.465 e. The number of nitrogens with zero attached hydrogens (tertiary/aromatic N) is 1. The number of carbonyl (C=O) groups excluding carboxylic acids is 1. The van der Waals surface area contributed by atoms with Crippen LogP contribution in [0.25, 0.3) is 0 Å². The van der Waals surface area contributed by atoms with E-state index in [0.29, 0.717) is 13.2 Å². The van der Waals surface area contributed by atoms with Gasteiger partial charge in [0.2, 0.25) is 0 Å². The van der Waals surface area contributed by atoms with Crippen LogP contribution in [-0.4, -0.2) is 61.9 Å². The van der Waals surface area contributed by atoms with Crippen LogP contribution in [0.4, 0.5) is 0 Å². The summed E-state index contributed by atoms with van der Waals surface area (Å²) in [6.07, 6.45) is 2.48. The van der Waals surface area contributed by atoms with Crippen LogP contribution in [0, 0.1) is 0 Å². The van der Waals surface area contributed by atoms with Gasteiger partial charge in [-0.3, -0.25) is 15.0 Å². The molecule has 1 aliphatic rings. The Balaban J connectivity index is 2.70. The van der Waals surface area contributed by atoms with Crippen molar-refractivity contribution in [1.29, 1.82) is 0 Å². The third kappa shape index (κ3) is 5.04. The molecule has 20 heavy (non-hydrogen) atoms. The standard InChI is InChI=1S/C15H30N2O3/c1-6-20-14(18)15(4,16-12(2)3)11-17-9-7-8-13(10-17)19-5/h12-13,16H,6-11H2,1-5H3. The van der Waals surface area contributed by atoms with Crippen LogP contribution in [0.2, 0.25) is 0 Å². The van der Waals surface area contributed by atoms with Crippen molar-refractivity contribution in [2.24, 2.45) is 0 Å². The van der Waals surface area contributed by atoms with E-state index in [1.54, 1.807) is 7.11 Å². The van der Waals surface area contributed by atoms with Gasteiger partial charge in [-0.25, -0.2) is 0 Å². The molecule has 0 saturated carbocycles. The fraction of sp³-hybridized carbons (Fsp3) is 0.933. The molecule has 1 heterocycles. The monoisotopic (exact) mass is 286 g/mol. The van der Waals surface area contributed by atoms with Gasteiger partial charge in [0.05, 0.1) is 12.7 Å². The quantitative estimate of drug-likeness (QED) is 0.717. The Morgan fingerprint density at radius 1 is 1.50 bits per heavy atom. The van der Waals surface area contributed by atoms with Gasteiger partial charge in [0.25, 0.3) is 0 Å². The average Bonchev–Trinajstić information content (AvgIpc) is 2.38. The first kappa shape index (κ1) is 17.4. The van der Waals surface area contributed by atoms with E-state index in [0.717, 1.165) is 25.9 Å². The lowest BCUT2D eigenvalue weighted by molar-refractivity contribution is -0.152. The summed E-state index contributed by atoms with van der Waals surface area (Å²) in [6, 6.07) is 0.229. The maximum atomic E-state index is 12.3. The number of nitrogens with one attached hydrogen (secondary N) is 1. The molecule has 1 saturated heterocycles. The third-order valence-corrected chi connectivity index (χ3v) is 3.67. The molecule has 0 spiro atoms. The maximum absolute atomic E-state index is 12.3. The summed E-state index contributed by atoms with van der Waals surface area (Å²) in [7, 11) is 1.76. The Kier molecular flexibility index (Phi) is 6.92. The molecule has 5 heteroatoms. The molecule has 0 amide bonds. The normalized spacial score (nSPS) is 23.6. The zero-order chi connectivity index (χ0) is 15.2. The number of piperidine rings is 1. The molecule has 0 bridgehead atoms. The summed E-state index contributed by atoms with van der Waals surface area (Å²) in [5.41, 5.74) is -0.667. The lowest BCUT2D eigenvalue weighted by Gasteiger charge is -2.39.